The van der Waals surface area contributed by atoms with E-state index in [2.05, 4.69) is 34.8 Å². The fourth-order valence-corrected chi connectivity index (χ4v) is 4.91. The summed E-state index contributed by atoms with van der Waals surface area (Å²) >= 11 is 0. The molecular weight excluding hydrogens is 388 g/mol. The van der Waals surface area contributed by atoms with Crippen molar-refractivity contribution >= 4 is 16.8 Å². The first-order valence-electron chi connectivity index (χ1n) is 11.8. The third kappa shape index (κ3) is 5.74. The smallest absolute Gasteiger partial charge is 0.253 e. The zero-order chi connectivity index (χ0) is 21.8. The first-order valence-corrected chi connectivity index (χ1v) is 11.8. The van der Waals surface area contributed by atoms with Crippen LogP contribution >= 0.6 is 0 Å². The maximum absolute atomic E-state index is 13.2. The van der Waals surface area contributed by atoms with Crippen LogP contribution in [0.4, 0.5) is 0 Å². The van der Waals surface area contributed by atoms with E-state index in [0.717, 1.165) is 62.0 Å². The SMILES string of the molecule is Cc1ccc2[nH]c(=O)c(CN(CCN3CCN(C)CC3)C(=O)CC3CCCC3)cc2c1. The number of carbonyl (C=O) groups is 1. The molecule has 1 saturated heterocycles. The molecule has 0 atom stereocenters. The maximum Gasteiger partial charge on any atom is 0.253 e. The van der Waals surface area contributed by atoms with E-state index in [9.17, 15) is 9.59 Å². The minimum atomic E-state index is -0.0883. The molecule has 2 heterocycles. The lowest BCUT2D eigenvalue weighted by Gasteiger charge is -2.34. The summed E-state index contributed by atoms with van der Waals surface area (Å²) in [7, 11) is 2.16. The molecule has 0 bridgehead atoms. The van der Waals surface area contributed by atoms with Crippen molar-refractivity contribution in [3.8, 4) is 0 Å². The fourth-order valence-electron chi connectivity index (χ4n) is 4.91. The van der Waals surface area contributed by atoms with Crippen LogP contribution in [0, 0.1) is 12.8 Å². The highest BCUT2D eigenvalue weighted by atomic mass is 16.2. The van der Waals surface area contributed by atoms with Crippen molar-refractivity contribution in [2.24, 2.45) is 5.92 Å². The minimum Gasteiger partial charge on any atom is -0.337 e. The molecular formula is C25H36N4O2. The van der Waals surface area contributed by atoms with Crippen molar-refractivity contribution in [2.75, 3.05) is 46.3 Å². The van der Waals surface area contributed by atoms with Crippen LogP contribution in [0.1, 0.15) is 43.2 Å². The Morgan fingerprint density at radius 1 is 1.13 bits per heavy atom. The Labute approximate surface area is 185 Å². The van der Waals surface area contributed by atoms with Gasteiger partial charge in [0, 0.05) is 56.8 Å². The lowest BCUT2D eigenvalue weighted by molar-refractivity contribution is -0.133. The largest absolute Gasteiger partial charge is 0.337 e. The summed E-state index contributed by atoms with van der Waals surface area (Å²) in [5.74, 6) is 0.709. The normalized spacial score (nSPS) is 18.6. The molecule has 2 aromatic rings. The molecule has 2 aliphatic rings. The third-order valence-corrected chi connectivity index (χ3v) is 7.01. The summed E-state index contributed by atoms with van der Waals surface area (Å²) in [6.45, 7) is 8.21. The van der Waals surface area contributed by atoms with Crippen LogP contribution in [0.25, 0.3) is 10.9 Å². The molecule has 1 aliphatic carbocycles. The number of hydrogen-bond acceptors (Lipinski definition) is 4. The van der Waals surface area contributed by atoms with Crippen molar-refractivity contribution in [3.63, 3.8) is 0 Å². The molecule has 6 heteroatoms. The number of pyridine rings is 1. The van der Waals surface area contributed by atoms with Crippen LogP contribution in [0.3, 0.4) is 0 Å². The standard InChI is InChI=1S/C25H36N4O2/c1-19-7-8-23-21(15-19)17-22(25(31)26-23)18-29(24(30)16-20-5-3-4-6-20)14-13-28-11-9-27(2)10-12-28/h7-8,15,17,20H,3-6,9-14,16,18H2,1-2H3,(H,26,31). The molecule has 1 aromatic carbocycles. The third-order valence-electron chi connectivity index (χ3n) is 7.01. The van der Waals surface area contributed by atoms with E-state index >= 15 is 0 Å². The second kappa shape index (κ2) is 9.96. The topological polar surface area (TPSA) is 59.7 Å². The van der Waals surface area contributed by atoms with E-state index in [0.29, 0.717) is 31.0 Å². The van der Waals surface area contributed by atoms with Gasteiger partial charge in [-0.15, -0.1) is 0 Å². The number of piperazine rings is 1. The van der Waals surface area contributed by atoms with Gasteiger partial charge in [0.15, 0.2) is 0 Å². The number of aryl methyl sites for hydroxylation is 1. The molecule has 0 spiro atoms. The Balaban J connectivity index is 1.50. The van der Waals surface area contributed by atoms with E-state index in [1.165, 1.54) is 12.8 Å². The zero-order valence-corrected chi connectivity index (χ0v) is 19.0. The highest BCUT2D eigenvalue weighted by Crippen LogP contribution is 2.28. The maximum atomic E-state index is 13.2. The molecule has 0 radical (unpaired) electrons. The predicted octanol–water partition coefficient (Wildman–Crippen LogP) is 2.99. The molecule has 4 rings (SSSR count). The van der Waals surface area contributed by atoms with Crippen LogP contribution < -0.4 is 5.56 Å². The Bertz CT molecular complexity index is 956. The van der Waals surface area contributed by atoms with Gasteiger partial charge in [0.1, 0.15) is 0 Å². The first-order chi connectivity index (χ1) is 15.0. The molecule has 2 fully saturated rings. The van der Waals surface area contributed by atoms with Gasteiger partial charge in [-0.05, 0) is 56.3 Å². The van der Waals surface area contributed by atoms with Crippen molar-refractivity contribution in [1.29, 1.82) is 0 Å². The second-order valence-electron chi connectivity index (χ2n) is 9.53. The van der Waals surface area contributed by atoms with Gasteiger partial charge in [-0.1, -0.05) is 24.5 Å². The van der Waals surface area contributed by atoms with Gasteiger partial charge in [0.2, 0.25) is 5.91 Å². The number of aromatic nitrogens is 1. The first kappa shape index (κ1) is 22.0. The van der Waals surface area contributed by atoms with Crippen LogP contribution in [-0.4, -0.2) is 71.9 Å². The van der Waals surface area contributed by atoms with Crippen molar-refractivity contribution in [1.82, 2.24) is 19.7 Å². The molecule has 0 unspecified atom stereocenters. The summed E-state index contributed by atoms with van der Waals surface area (Å²) in [6, 6.07) is 8.01. The van der Waals surface area contributed by atoms with Crippen molar-refractivity contribution in [2.45, 2.75) is 45.6 Å². The number of rotatable bonds is 7. The number of aromatic amines is 1. The number of likely N-dealkylation sites (N-methyl/N-ethyl adjacent to an activating group) is 1. The van der Waals surface area contributed by atoms with Crippen LogP contribution in [0.5, 0.6) is 0 Å². The Morgan fingerprint density at radius 3 is 2.61 bits per heavy atom. The van der Waals surface area contributed by atoms with Gasteiger partial charge < -0.3 is 14.8 Å². The lowest BCUT2D eigenvalue weighted by Crippen LogP contribution is -2.47. The molecule has 168 valence electrons. The van der Waals surface area contributed by atoms with E-state index in [-0.39, 0.29) is 11.5 Å². The second-order valence-corrected chi connectivity index (χ2v) is 9.53. The van der Waals surface area contributed by atoms with Gasteiger partial charge in [0.25, 0.3) is 5.56 Å². The Hall–Kier alpha value is -2.18. The van der Waals surface area contributed by atoms with Gasteiger partial charge in [0.05, 0.1) is 6.54 Å². The van der Waals surface area contributed by atoms with Gasteiger partial charge >= 0.3 is 0 Å². The number of nitrogens with one attached hydrogen (secondary N) is 1. The van der Waals surface area contributed by atoms with Gasteiger partial charge in [-0.2, -0.15) is 0 Å². The van der Waals surface area contributed by atoms with E-state index in [4.69, 9.17) is 0 Å². The number of H-pyrrole nitrogens is 1. The van der Waals surface area contributed by atoms with Crippen LogP contribution in [0.15, 0.2) is 29.1 Å². The van der Waals surface area contributed by atoms with Crippen molar-refractivity contribution in [3.05, 3.63) is 45.7 Å². The number of fused-ring (bicyclic) bond motifs is 1. The summed E-state index contributed by atoms with van der Waals surface area (Å²) in [4.78, 5) is 35.7. The van der Waals surface area contributed by atoms with E-state index < -0.39 is 0 Å². The number of benzene rings is 1. The van der Waals surface area contributed by atoms with E-state index in [1.54, 1.807) is 0 Å². The van der Waals surface area contributed by atoms with Gasteiger partial charge in [-0.25, -0.2) is 0 Å². The predicted molar refractivity (Wildman–Crippen MR) is 125 cm³/mol. The summed E-state index contributed by atoms with van der Waals surface area (Å²) < 4.78 is 0. The quantitative estimate of drug-likeness (QED) is 0.742. The lowest BCUT2D eigenvalue weighted by atomic mass is 10.0. The molecule has 1 amide bonds. The Kier molecular flexibility index (Phi) is 7.08. The molecule has 1 aliphatic heterocycles. The van der Waals surface area contributed by atoms with E-state index in [1.807, 2.05) is 23.1 Å². The monoisotopic (exact) mass is 424 g/mol. The van der Waals surface area contributed by atoms with Crippen molar-refractivity contribution < 1.29 is 4.79 Å². The number of nitrogens with zero attached hydrogens (tertiary/aromatic N) is 3. The highest BCUT2D eigenvalue weighted by molar-refractivity contribution is 5.80. The zero-order valence-electron chi connectivity index (χ0n) is 19.0. The number of hydrogen-bond donors (Lipinski definition) is 1. The molecule has 1 saturated carbocycles. The van der Waals surface area contributed by atoms with Crippen LogP contribution in [-0.2, 0) is 11.3 Å². The molecule has 6 nitrogen and oxygen atoms in total. The number of carbonyl (C=O) groups excluding carboxylic acids is 1. The Morgan fingerprint density at radius 2 is 1.87 bits per heavy atom. The molecule has 1 aromatic heterocycles. The minimum absolute atomic E-state index is 0.0883. The summed E-state index contributed by atoms with van der Waals surface area (Å²) in [5.41, 5.74) is 2.60. The highest BCUT2D eigenvalue weighted by Gasteiger charge is 2.24. The average molecular weight is 425 g/mol. The number of amides is 1. The summed E-state index contributed by atoms with van der Waals surface area (Å²) in [6.07, 6.45) is 5.42. The molecule has 31 heavy (non-hydrogen) atoms. The summed E-state index contributed by atoms with van der Waals surface area (Å²) in [5, 5.41) is 1.02. The average Bonchev–Trinajstić information content (AvgIpc) is 3.25. The fraction of sp³-hybridized carbons (Fsp3) is 0.600. The molecule has 1 N–H and O–H groups in total. The van der Waals surface area contributed by atoms with Gasteiger partial charge in [-0.3, -0.25) is 14.5 Å². The van der Waals surface area contributed by atoms with Crippen LogP contribution in [0.2, 0.25) is 0 Å².